The molecule has 2 rings (SSSR count). The van der Waals surface area contributed by atoms with Gasteiger partial charge in [0.05, 0.1) is 11.2 Å². The van der Waals surface area contributed by atoms with Gasteiger partial charge in [-0.3, -0.25) is 10.1 Å². The highest BCUT2D eigenvalue weighted by atomic mass is 32.2. The number of rotatable bonds is 3. The van der Waals surface area contributed by atoms with E-state index in [-0.39, 0.29) is 36.5 Å². The summed E-state index contributed by atoms with van der Waals surface area (Å²) in [6, 6.07) is 2.64. The second-order valence-corrected chi connectivity index (χ2v) is 7.51. The third-order valence-corrected chi connectivity index (χ3v) is 5.16. The second-order valence-electron chi connectivity index (χ2n) is 5.57. The van der Waals surface area contributed by atoms with Crippen LogP contribution in [0.2, 0.25) is 0 Å². The molecule has 122 valence electrons. The van der Waals surface area contributed by atoms with Crippen molar-refractivity contribution in [3.05, 3.63) is 34.1 Å². The van der Waals surface area contributed by atoms with E-state index in [1.807, 2.05) is 0 Å². The monoisotopic (exact) mass is 331 g/mol. The molecule has 1 fully saturated rings. The summed E-state index contributed by atoms with van der Waals surface area (Å²) in [5.41, 5.74) is -0.00856. The second kappa shape index (κ2) is 5.81. The number of piperazine rings is 1. The Bertz CT molecular complexity index is 695. The molecular weight excluding hydrogens is 313 g/mol. The van der Waals surface area contributed by atoms with Crippen molar-refractivity contribution in [1.29, 1.82) is 0 Å². The van der Waals surface area contributed by atoms with Crippen molar-refractivity contribution in [1.82, 2.24) is 4.31 Å². The number of hydrogen-bond donors (Lipinski definition) is 0. The van der Waals surface area contributed by atoms with E-state index in [4.69, 9.17) is 0 Å². The van der Waals surface area contributed by atoms with Crippen LogP contribution in [0.25, 0.3) is 0 Å². The van der Waals surface area contributed by atoms with Crippen LogP contribution in [0.15, 0.2) is 18.2 Å². The molecule has 0 bridgehead atoms. The van der Waals surface area contributed by atoms with Gasteiger partial charge in [0, 0.05) is 37.3 Å². The number of benzene rings is 1. The maximum Gasteiger partial charge on any atom is 0.292 e. The highest BCUT2D eigenvalue weighted by molar-refractivity contribution is 7.88. The van der Waals surface area contributed by atoms with Crippen molar-refractivity contribution >= 4 is 21.4 Å². The summed E-state index contributed by atoms with van der Waals surface area (Å²) in [7, 11) is -3.35. The van der Waals surface area contributed by atoms with Crippen LogP contribution in [0.4, 0.5) is 15.8 Å². The van der Waals surface area contributed by atoms with Gasteiger partial charge in [-0.05, 0) is 19.9 Å². The van der Waals surface area contributed by atoms with Crippen molar-refractivity contribution in [3.8, 4) is 0 Å². The van der Waals surface area contributed by atoms with E-state index in [0.717, 1.165) is 24.5 Å². The normalized spacial score (nSPS) is 23.5. The highest BCUT2D eigenvalue weighted by Gasteiger charge is 2.36. The van der Waals surface area contributed by atoms with Crippen LogP contribution >= 0.6 is 0 Å². The smallest absolute Gasteiger partial charge is 0.292 e. The van der Waals surface area contributed by atoms with E-state index in [1.165, 1.54) is 4.31 Å². The van der Waals surface area contributed by atoms with E-state index in [0.29, 0.717) is 0 Å². The lowest BCUT2D eigenvalue weighted by Gasteiger charge is -2.43. The van der Waals surface area contributed by atoms with Gasteiger partial charge < -0.3 is 4.90 Å². The lowest BCUT2D eigenvalue weighted by molar-refractivity contribution is -0.384. The summed E-state index contributed by atoms with van der Waals surface area (Å²) >= 11 is 0. The van der Waals surface area contributed by atoms with Gasteiger partial charge >= 0.3 is 0 Å². The third-order valence-electron chi connectivity index (χ3n) is 3.80. The Morgan fingerprint density at radius 1 is 1.27 bits per heavy atom. The molecule has 1 heterocycles. The largest absolute Gasteiger partial charge is 0.360 e. The molecule has 1 saturated heterocycles. The molecule has 0 aromatic heterocycles. The average molecular weight is 331 g/mol. The Morgan fingerprint density at radius 2 is 1.91 bits per heavy atom. The van der Waals surface area contributed by atoms with Crippen LogP contribution in [-0.4, -0.2) is 49.1 Å². The highest BCUT2D eigenvalue weighted by Crippen LogP contribution is 2.33. The van der Waals surface area contributed by atoms with Crippen molar-refractivity contribution < 1.29 is 17.7 Å². The zero-order valence-corrected chi connectivity index (χ0v) is 13.4. The van der Waals surface area contributed by atoms with Crippen LogP contribution in [0.3, 0.4) is 0 Å². The molecule has 2 atom stereocenters. The predicted octanol–water partition coefficient (Wildman–Crippen LogP) is 1.59. The minimum absolute atomic E-state index is 0.178. The number of halogens is 1. The lowest BCUT2D eigenvalue weighted by Crippen LogP contribution is -2.58. The summed E-state index contributed by atoms with van der Waals surface area (Å²) in [5, 5.41) is 11.1. The molecule has 0 amide bonds. The van der Waals surface area contributed by atoms with Crippen molar-refractivity contribution in [2.45, 2.75) is 25.9 Å². The number of nitrogens with zero attached hydrogens (tertiary/aromatic N) is 3. The van der Waals surface area contributed by atoms with Crippen LogP contribution in [0.1, 0.15) is 13.8 Å². The molecule has 22 heavy (non-hydrogen) atoms. The minimum atomic E-state index is -3.35. The molecule has 7 nitrogen and oxygen atoms in total. The fourth-order valence-corrected chi connectivity index (χ4v) is 3.98. The zero-order chi connectivity index (χ0) is 16.7. The summed E-state index contributed by atoms with van der Waals surface area (Å²) in [5.74, 6) is -0.564. The Hall–Kier alpha value is -1.74. The Kier molecular flexibility index (Phi) is 4.39. The van der Waals surface area contributed by atoms with Crippen molar-refractivity contribution in [3.63, 3.8) is 0 Å². The van der Waals surface area contributed by atoms with E-state index in [1.54, 1.807) is 18.7 Å². The molecule has 0 N–H and O–H groups in total. The first kappa shape index (κ1) is 16.6. The van der Waals surface area contributed by atoms with Crippen LogP contribution in [-0.2, 0) is 10.0 Å². The molecular formula is C13H18FN3O4S. The van der Waals surface area contributed by atoms with Gasteiger partial charge in [0.15, 0.2) is 0 Å². The first-order valence-electron chi connectivity index (χ1n) is 6.78. The fraction of sp³-hybridized carbons (Fsp3) is 0.538. The van der Waals surface area contributed by atoms with Crippen LogP contribution in [0, 0.1) is 15.9 Å². The topological polar surface area (TPSA) is 83.8 Å². The van der Waals surface area contributed by atoms with Gasteiger partial charge in [0.2, 0.25) is 10.0 Å². The Labute approximate surface area is 128 Å². The van der Waals surface area contributed by atoms with Gasteiger partial charge in [-0.25, -0.2) is 12.8 Å². The number of nitro groups is 1. The molecule has 0 radical (unpaired) electrons. The van der Waals surface area contributed by atoms with Gasteiger partial charge in [-0.1, -0.05) is 0 Å². The number of hydrogen-bond acceptors (Lipinski definition) is 5. The van der Waals surface area contributed by atoms with Crippen molar-refractivity contribution in [2.24, 2.45) is 0 Å². The zero-order valence-electron chi connectivity index (χ0n) is 12.6. The fourth-order valence-electron chi connectivity index (χ4n) is 2.77. The summed E-state index contributed by atoms with van der Waals surface area (Å²) in [4.78, 5) is 12.3. The lowest BCUT2D eigenvalue weighted by atomic mass is 10.1. The molecule has 1 aliphatic heterocycles. The quantitative estimate of drug-likeness (QED) is 0.620. The maximum absolute atomic E-state index is 13.5. The molecule has 0 spiro atoms. The molecule has 1 aliphatic rings. The first-order chi connectivity index (χ1) is 10.1. The summed E-state index contributed by atoms with van der Waals surface area (Å²) < 4.78 is 38.4. The molecule has 0 saturated carbocycles. The maximum atomic E-state index is 13.5. The van der Waals surface area contributed by atoms with Crippen LogP contribution in [0.5, 0.6) is 0 Å². The SMILES string of the molecule is C[C@H]1CN(S(C)(=O)=O)[C@@H](C)CN1c1cc(F)ccc1[N+](=O)[O-]. The standard InChI is InChI=1S/C13H18FN3O4S/c1-9-8-16(22(3,20)21)10(2)7-15(9)13-6-11(14)4-5-12(13)17(18)19/h4-6,9-10H,7-8H2,1-3H3/t9-,10-/m0/s1. The molecule has 9 heteroatoms. The minimum Gasteiger partial charge on any atom is -0.360 e. The van der Waals surface area contributed by atoms with E-state index < -0.39 is 20.8 Å². The van der Waals surface area contributed by atoms with Crippen LogP contribution < -0.4 is 4.90 Å². The van der Waals surface area contributed by atoms with E-state index in [9.17, 15) is 22.9 Å². The molecule has 1 aromatic carbocycles. The number of anilines is 1. The van der Waals surface area contributed by atoms with E-state index in [2.05, 4.69) is 0 Å². The molecule has 0 unspecified atom stereocenters. The Morgan fingerprint density at radius 3 is 2.45 bits per heavy atom. The third kappa shape index (κ3) is 3.20. The van der Waals surface area contributed by atoms with Gasteiger partial charge in [-0.15, -0.1) is 0 Å². The van der Waals surface area contributed by atoms with Gasteiger partial charge in [0.25, 0.3) is 5.69 Å². The van der Waals surface area contributed by atoms with Gasteiger partial charge in [-0.2, -0.15) is 4.31 Å². The van der Waals surface area contributed by atoms with E-state index >= 15 is 0 Å². The predicted molar refractivity (Wildman–Crippen MR) is 80.9 cm³/mol. The molecule has 1 aromatic rings. The number of nitro benzene ring substituents is 1. The average Bonchev–Trinajstić information content (AvgIpc) is 2.39. The first-order valence-corrected chi connectivity index (χ1v) is 8.63. The summed E-state index contributed by atoms with van der Waals surface area (Å²) in [6.45, 7) is 3.95. The van der Waals surface area contributed by atoms with Crippen molar-refractivity contribution in [2.75, 3.05) is 24.2 Å². The van der Waals surface area contributed by atoms with Gasteiger partial charge in [0.1, 0.15) is 11.5 Å². The number of sulfonamides is 1. The Balaban J connectivity index is 2.39. The summed E-state index contributed by atoms with van der Waals surface area (Å²) in [6.07, 6.45) is 1.14. The molecule has 0 aliphatic carbocycles.